The van der Waals surface area contributed by atoms with Crippen molar-refractivity contribution in [1.29, 1.82) is 0 Å². The van der Waals surface area contributed by atoms with Gasteiger partial charge in [-0.3, -0.25) is 4.72 Å². The molecule has 0 radical (unpaired) electrons. The van der Waals surface area contributed by atoms with E-state index in [4.69, 9.17) is 11.6 Å². The van der Waals surface area contributed by atoms with Crippen molar-refractivity contribution in [2.24, 2.45) is 0 Å². The van der Waals surface area contributed by atoms with Gasteiger partial charge < -0.3 is 5.11 Å². The lowest BCUT2D eigenvalue weighted by Gasteiger charge is -2.12. The maximum Gasteiger partial charge on any atom is 0.262 e. The Balaban J connectivity index is 2.41. The van der Waals surface area contributed by atoms with Crippen LogP contribution in [0.1, 0.15) is 5.56 Å². The number of nitrogens with one attached hydrogen (secondary N) is 1. The zero-order valence-corrected chi connectivity index (χ0v) is 13.3. The standard InChI is InChI=1S/C13H11BrClNO3S/c14-10-5-6-12(11(15)7-10)16-20(18,19)13-4-2-1-3-9(13)8-17/h1-7,16-17H,8H2. The second-order valence-electron chi connectivity index (χ2n) is 4.00. The van der Waals surface area contributed by atoms with Crippen LogP contribution in [0.4, 0.5) is 5.69 Å². The summed E-state index contributed by atoms with van der Waals surface area (Å²) in [7, 11) is -3.80. The molecule has 0 saturated carbocycles. The second kappa shape index (κ2) is 6.13. The Morgan fingerprint density at radius 1 is 1.20 bits per heavy atom. The first kappa shape index (κ1) is 15.3. The van der Waals surface area contributed by atoms with Crippen molar-refractivity contribution < 1.29 is 13.5 Å². The quantitative estimate of drug-likeness (QED) is 0.859. The molecule has 0 bridgehead atoms. The third-order valence-corrected chi connectivity index (χ3v) is 4.88. The Labute approximate surface area is 130 Å². The Morgan fingerprint density at radius 3 is 2.55 bits per heavy atom. The van der Waals surface area contributed by atoms with Crippen LogP contribution < -0.4 is 4.72 Å². The van der Waals surface area contributed by atoms with E-state index in [2.05, 4.69) is 20.7 Å². The van der Waals surface area contributed by atoms with Crippen LogP contribution in [-0.2, 0) is 16.6 Å². The molecule has 7 heteroatoms. The van der Waals surface area contributed by atoms with Crippen LogP contribution in [0, 0.1) is 0 Å². The molecule has 0 aliphatic rings. The number of hydrogen-bond donors (Lipinski definition) is 2. The molecular formula is C13H11BrClNO3S. The molecule has 0 aliphatic heterocycles. The topological polar surface area (TPSA) is 66.4 Å². The summed E-state index contributed by atoms with van der Waals surface area (Å²) in [5.74, 6) is 0. The summed E-state index contributed by atoms with van der Waals surface area (Å²) in [4.78, 5) is 0.0292. The molecule has 0 fully saturated rings. The van der Waals surface area contributed by atoms with E-state index < -0.39 is 10.0 Å². The highest BCUT2D eigenvalue weighted by molar-refractivity contribution is 9.10. The lowest BCUT2D eigenvalue weighted by atomic mass is 10.2. The van der Waals surface area contributed by atoms with Gasteiger partial charge in [-0.2, -0.15) is 0 Å². The van der Waals surface area contributed by atoms with E-state index in [9.17, 15) is 13.5 Å². The number of anilines is 1. The molecule has 0 atom stereocenters. The molecule has 0 spiro atoms. The monoisotopic (exact) mass is 375 g/mol. The van der Waals surface area contributed by atoms with E-state index >= 15 is 0 Å². The van der Waals surface area contributed by atoms with Crippen molar-refractivity contribution in [3.63, 3.8) is 0 Å². The lowest BCUT2D eigenvalue weighted by Crippen LogP contribution is -2.15. The van der Waals surface area contributed by atoms with Gasteiger partial charge >= 0.3 is 0 Å². The molecular weight excluding hydrogens is 366 g/mol. The summed E-state index contributed by atoms with van der Waals surface area (Å²) in [6.45, 7) is -0.356. The van der Waals surface area contributed by atoms with Gasteiger partial charge in [-0.1, -0.05) is 45.7 Å². The molecule has 0 unspecified atom stereocenters. The van der Waals surface area contributed by atoms with E-state index in [1.807, 2.05) is 0 Å². The summed E-state index contributed by atoms with van der Waals surface area (Å²) >= 11 is 9.24. The molecule has 0 heterocycles. The van der Waals surface area contributed by atoms with Gasteiger partial charge in [0.2, 0.25) is 0 Å². The predicted molar refractivity (Wildman–Crippen MR) is 82.3 cm³/mol. The Kier molecular flexibility index (Phi) is 4.70. The van der Waals surface area contributed by atoms with Gasteiger partial charge in [0.1, 0.15) is 0 Å². The third kappa shape index (κ3) is 3.32. The van der Waals surface area contributed by atoms with Crippen LogP contribution in [0.15, 0.2) is 51.8 Å². The Morgan fingerprint density at radius 2 is 1.90 bits per heavy atom. The van der Waals surface area contributed by atoms with Gasteiger partial charge in [0.05, 0.1) is 22.2 Å². The first-order valence-electron chi connectivity index (χ1n) is 5.60. The molecule has 2 N–H and O–H groups in total. The largest absolute Gasteiger partial charge is 0.392 e. The maximum absolute atomic E-state index is 12.3. The second-order valence-corrected chi connectivity index (χ2v) is 6.97. The highest BCUT2D eigenvalue weighted by atomic mass is 79.9. The zero-order valence-electron chi connectivity index (χ0n) is 10.2. The summed E-state index contributed by atoms with van der Waals surface area (Å²) < 4.78 is 27.8. The van der Waals surface area contributed by atoms with E-state index in [0.29, 0.717) is 5.56 Å². The molecule has 0 amide bonds. The van der Waals surface area contributed by atoms with Crippen molar-refractivity contribution >= 4 is 43.2 Å². The summed E-state index contributed by atoms with van der Waals surface area (Å²) in [5.41, 5.74) is 0.607. The Hall–Kier alpha value is -1.08. The highest BCUT2D eigenvalue weighted by Crippen LogP contribution is 2.28. The van der Waals surface area contributed by atoms with Gasteiger partial charge in [-0.05, 0) is 29.8 Å². The molecule has 0 aromatic heterocycles. The number of aliphatic hydroxyl groups excluding tert-OH is 1. The molecule has 0 aliphatic carbocycles. The number of halogens is 2. The van der Waals surface area contributed by atoms with E-state index in [1.165, 1.54) is 6.07 Å². The van der Waals surface area contributed by atoms with Crippen molar-refractivity contribution in [2.75, 3.05) is 4.72 Å². The average Bonchev–Trinajstić information content (AvgIpc) is 2.42. The van der Waals surface area contributed by atoms with Crippen molar-refractivity contribution in [1.82, 2.24) is 0 Å². The first-order chi connectivity index (χ1) is 9.44. The van der Waals surface area contributed by atoms with Crippen molar-refractivity contribution in [3.8, 4) is 0 Å². The van der Waals surface area contributed by atoms with Gasteiger partial charge in [0.15, 0.2) is 0 Å². The SMILES string of the molecule is O=S(=O)(Nc1ccc(Br)cc1Cl)c1ccccc1CO. The first-order valence-corrected chi connectivity index (χ1v) is 8.26. The molecule has 2 aromatic rings. The number of benzene rings is 2. The fourth-order valence-corrected chi connectivity index (χ4v) is 3.76. The molecule has 4 nitrogen and oxygen atoms in total. The van der Waals surface area contributed by atoms with Crippen LogP contribution in [0.5, 0.6) is 0 Å². The van der Waals surface area contributed by atoms with Gasteiger partial charge in [0, 0.05) is 4.47 Å². The number of rotatable bonds is 4. The smallest absolute Gasteiger partial charge is 0.262 e. The normalized spacial score (nSPS) is 11.3. The minimum Gasteiger partial charge on any atom is -0.392 e. The van der Waals surface area contributed by atoms with Crippen LogP contribution >= 0.6 is 27.5 Å². The Bertz CT molecular complexity index is 734. The molecule has 2 rings (SSSR count). The van der Waals surface area contributed by atoms with Crippen LogP contribution in [-0.4, -0.2) is 13.5 Å². The predicted octanol–water partition coefficient (Wildman–Crippen LogP) is 3.40. The van der Waals surface area contributed by atoms with Crippen molar-refractivity contribution in [2.45, 2.75) is 11.5 Å². The zero-order chi connectivity index (χ0) is 14.8. The number of aliphatic hydroxyl groups is 1. The molecule has 2 aromatic carbocycles. The van der Waals surface area contributed by atoms with Crippen LogP contribution in [0.2, 0.25) is 5.02 Å². The summed E-state index contributed by atoms with van der Waals surface area (Å²) in [6.07, 6.45) is 0. The number of sulfonamides is 1. The summed E-state index contributed by atoms with van der Waals surface area (Å²) in [5, 5.41) is 9.50. The maximum atomic E-state index is 12.3. The van der Waals surface area contributed by atoms with E-state index in [0.717, 1.165) is 4.47 Å². The molecule has 106 valence electrons. The van der Waals surface area contributed by atoms with Gasteiger partial charge in [-0.15, -0.1) is 0 Å². The fourth-order valence-electron chi connectivity index (χ4n) is 1.67. The van der Waals surface area contributed by atoms with Crippen molar-refractivity contribution in [3.05, 3.63) is 57.5 Å². The highest BCUT2D eigenvalue weighted by Gasteiger charge is 2.18. The van der Waals surface area contributed by atoms with E-state index in [1.54, 1.807) is 36.4 Å². The molecule has 0 saturated heterocycles. The van der Waals surface area contributed by atoms with E-state index in [-0.39, 0.29) is 22.2 Å². The minimum absolute atomic E-state index is 0.0292. The number of hydrogen-bond acceptors (Lipinski definition) is 3. The van der Waals surface area contributed by atoms with Crippen LogP contribution in [0.3, 0.4) is 0 Å². The average molecular weight is 377 g/mol. The summed E-state index contributed by atoms with van der Waals surface area (Å²) in [6, 6.07) is 11.1. The third-order valence-electron chi connectivity index (χ3n) is 2.61. The molecule has 20 heavy (non-hydrogen) atoms. The van der Waals surface area contributed by atoms with Crippen LogP contribution in [0.25, 0.3) is 0 Å². The minimum atomic E-state index is -3.80. The van der Waals surface area contributed by atoms with Gasteiger partial charge in [0.25, 0.3) is 10.0 Å². The fraction of sp³-hybridized carbons (Fsp3) is 0.0769. The lowest BCUT2D eigenvalue weighted by molar-refractivity contribution is 0.278. The van der Waals surface area contributed by atoms with Gasteiger partial charge in [-0.25, -0.2) is 8.42 Å².